The van der Waals surface area contributed by atoms with Crippen LogP contribution in [0.15, 0.2) is 115 Å². The van der Waals surface area contributed by atoms with E-state index in [4.69, 9.17) is 13.0 Å². The maximum atomic E-state index is 12.8. The Kier molecular flexibility index (Phi) is 9.08. The number of carbonyl (C=O) groups is 2. The largest absolute Gasteiger partial charge is 0.748 e. The van der Waals surface area contributed by atoms with Crippen molar-refractivity contribution in [2.24, 2.45) is 0 Å². The van der Waals surface area contributed by atoms with E-state index in [0.717, 1.165) is 19.0 Å². The first kappa shape index (κ1) is 28.4. The van der Waals surface area contributed by atoms with Crippen LogP contribution in [0.25, 0.3) is 0 Å². The number of fused-ring (bicyclic) bond motifs is 1. The van der Waals surface area contributed by atoms with Crippen molar-refractivity contribution in [2.75, 3.05) is 19.0 Å². The third-order valence-corrected chi connectivity index (χ3v) is 11.1. The molecule has 4 aromatic rings. The normalized spacial score (nSPS) is 13.0. The lowest BCUT2D eigenvalue weighted by Crippen LogP contribution is -2.34. The SMILES string of the molecule is CS(=O)(=O)[O-].O=C1c2ccccc2C(=O)N1CCCC[P+](c1ccccc1)(c1ccccc1)c1ccccc1. The first-order valence-corrected chi connectivity index (χ1v) is 16.4. The number of carbonyl (C=O) groups excluding carboxylic acids is 2. The van der Waals surface area contributed by atoms with Crippen LogP contribution >= 0.6 is 7.26 Å². The Balaban J connectivity index is 0.000000648. The molecular formula is C31H30NO5PS. The molecule has 1 heterocycles. The summed E-state index contributed by atoms with van der Waals surface area (Å²) in [7, 11) is -5.81. The molecule has 0 spiro atoms. The minimum Gasteiger partial charge on any atom is -0.748 e. The highest BCUT2D eigenvalue weighted by Crippen LogP contribution is 2.55. The average Bonchev–Trinajstić information content (AvgIpc) is 3.19. The van der Waals surface area contributed by atoms with E-state index in [1.807, 2.05) is 12.1 Å². The number of hydrogen-bond acceptors (Lipinski definition) is 5. The lowest BCUT2D eigenvalue weighted by molar-refractivity contribution is 0.0652. The number of unbranched alkanes of at least 4 members (excludes halogenated alkanes) is 1. The Bertz CT molecular complexity index is 1390. The summed E-state index contributed by atoms with van der Waals surface area (Å²) < 4.78 is 27.2. The predicted molar refractivity (Wildman–Crippen MR) is 157 cm³/mol. The maximum Gasteiger partial charge on any atom is 0.261 e. The Morgan fingerprint density at radius 3 is 1.31 bits per heavy atom. The van der Waals surface area contributed by atoms with Crippen LogP contribution in [0.4, 0.5) is 0 Å². The van der Waals surface area contributed by atoms with Gasteiger partial charge in [-0.2, -0.15) is 0 Å². The average molecular weight is 560 g/mol. The van der Waals surface area contributed by atoms with Crippen molar-refractivity contribution in [1.29, 1.82) is 0 Å². The lowest BCUT2D eigenvalue weighted by Gasteiger charge is -2.28. The summed E-state index contributed by atoms with van der Waals surface area (Å²) in [5.74, 6) is -0.341. The highest BCUT2D eigenvalue weighted by atomic mass is 32.2. The summed E-state index contributed by atoms with van der Waals surface area (Å²) in [6.45, 7) is 0.449. The van der Waals surface area contributed by atoms with E-state index in [0.29, 0.717) is 23.9 Å². The third-order valence-electron chi connectivity index (χ3n) is 6.59. The van der Waals surface area contributed by atoms with E-state index in [1.54, 1.807) is 12.1 Å². The number of hydrogen-bond donors (Lipinski definition) is 0. The molecule has 8 heteroatoms. The van der Waals surface area contributed by atoms with Gasteiger partial charge in [-0.1, -0.05) is 66.7 Å². The van der Waals surface area contributed by atoms with Gasteiger partial charge in [-0.25, -0.2) is 8.42 Å². The molecule has 0 bridgehead atoms. The van der Waals surface area contributed by atoms with Crippen LogP contribution < -0.4 is 15.9 Å². The van der Waals surface area contributed by atoms with E-state index in [-0.39, 0.29) is 11.8 Å². The molecule has 0 saturated heterocycles. The number of rotatable bonds is 8. The highest BCUT2D eigenvalue weighted by Gasteiger charge is 2.44. The number of imide groups is 1. The molecule has 0 radical (unpaired) electrons. The van der Waals surface area contributed by atoms with Gasteiger partial charge in [-0.05, 0) is 61.4 Å². The number of benzene rings is 4. The molecule has 0 N–H and O–H groups in total. The van der Waals surface area contributed by atoms with Crippen molar-refractivity contribution in [3.05, 3.63) is 126 Å². The molecule has 200 valence electrons. The predicted octanol–water partition coefficient (Wildman–Crippen LogP) is 4.22. The molecule has 0 saturated carbocycles. The molecule has 1 aliphatic rings. The van der Waals surface area contributed by atoms with Crippen molar-refractivity contribution < 1.29 is 22.6 Å². The second-order valence-corrected chi connectivity index (χ2v) is 14.3. The number of nitrogens with zero attached hydrogens (tertiary/aromatic N) is 1. The van der Waals surface area contributed by atoms with Gasteiger partial charge in [-0.15, -0.1) is 0 Å². The zero-order valence-electron chi connectivity index (χ0n) is 21.6. The van der Waals surface area contributed by atoms with Gasteiger partial charge in [0.25, 0.3) is 11.8 Å². The topological polar surface area (TPSA) is 94.6 Å². The van der Waals surface area contributed by atoms with Crippen LogP contribution in [0.5, 0.6) is 0 Å². The fourth-order valence-electron chi connectivity index (χ4n) is 4.94. The van der Waals surface area contributed by atoms with Gasteiger partial charge in [0.1, 0.15) is 23.2 Å². The van der Waals surface area contributed by atoms with Crippen LogP contribution in [0.1, 0.15) is 33.6 Å². The van der Waals surface area contributed by atoms with Gasteiger partial charge in [0, 0.05) is 12.8 Å². The standard InChI is InChI=1S/C30H27NO2P.CH4O3S/c32-29-27-20-10-11-21-28(27)30(33)31(29)22-12-13-23-34(24-14-4-1-5-15-24,25-16-6-2-7-17-25)26-18-8-3-9-19-26;1-5(2,3)4/h1-11,14-21H,12-13,22-23H2;1H3,(H,2,3,4)/q+1;/p-1. The van der Waals surface area contributed by atoms with Crippen LogP contribution in [0.2, 0.25) is 0 Å². The molecule has 2 amide bonds. The molecular weight excluding hydrogens is 529 g/mol. The Hall–Kier alpha value is -3.64. The summed E-state index contributed by atoms with van der Waals surface area (Å²) in [5, 5.41) is 4.06. The smallest absolute Gasteiger partial charge is 0.261 e. The van der Waals surface area contributed by atoms with E-state index in [1.165, 1.54) is 20.8 Å². The van der Waals surface area contributed by atoms with Gasteiger partial charge < -0.3 is 4.55 Å². The monoisotopic (exact) mass is 559 g/mol. The summed E-state index contributed by atoms with van der Waals surface area (Å²) in [6, 6.07) is 39.5. The summed E-state index contributed by atoms with van der Waals surface area (Å²) in [4.78, 5) is 27.0. The molecule has 39 heavy (non-hydrogen) atoms. The Morgan fingerprint density at radius 1 is 0.615 bits per heavy atom. The Labute approximate surface area is 230 Å². The zero-order valence-corrected chi connectivity index (χ0v) is 23.4. The van der Waals surface area contributed by atoms with Crippen molar-refractivity contribution in [2.45, 2.75) is 12.8 Å². The summed E-state index contributed by atoms with van der Waals surface area (Å²) in [6.07, 6.45) is 3.28. The van der Waals surface area contributed by atoms with Crippen molar-refractivity contribution in [1.82, 2.24) is 4.90 Å². The summed E-state index contributed by atoms with van der Waals surface area (Å²) in [5.41, 5.74) is 1.04. The van der Waals surface area contributed by atoms with Gasteiger partial charge >= 0.3 is 0 Å². The van der Waals surface area contributed by atoms with Crippen LogP contribution in [-0.2, 0) is 10.1 Å². The Morgan fingerprint density at radius 2 is 0.949 bits per heavy atom. The third kappa shape index (κ3) is 6.69. The minimum absolute atomic E-state index is 0.171. The molecule has 0 aromatic heterocycles. The molecule has 5 rings (SSSR count). The first-order chi connectivity index (χ1) is 18.7. The molecule has 0 unspecified atom stereocenters. The zero-order chi connectivity index (χ0) is 27.9. The van der Waals surface area contributed by atoms with Crippen molar-refractivity contribution >= 4 is 45.1 Å². The quantitative estimate of drug-likeness (QED) is 0.140. The highest BCUT2D eigenvalue weighted by molar-refractivity contribution is 7.95. The van der Waals surface area contributed by atoms with Gasteiger partial charge in [0.05, 0.1) is 27.4 Å². The molecule has 6 nitrogen and oxygen atoms in total. The fourth-order valence-corrected chi connectivity index (χ4v) is 9.35. The molecule has 0 atom stereocenters. The minimum atomic E-state index is -3.92. The van der Waals surface area contributed by atoms with Gasteiger partial charge in [0.2, 0.25) is 0 Å². The molecule has 1 aliphatic heterocycles. The van der Waals surface area contributed by atoms with Crippen LogP contribution in [0, 0.1) is 0 Å². The van der Waals surface area contributed by atoms with Crippen LogP contribution in [-0.4, -0.2) is 48.6 Å². The van der Waals surface area contributed by atoms with E-state index in [9.17, 15) is 9.59 Å². The van der Waals surface area contributed by atoms with Crippen LogP contribution in [0.3, 0.4) is 0 Å². The summed E-state index contributed by atoms with van der Waals surface area (Å²) >= 11 is 0. The van der Waals surface area contributed by atoms with Crippen molar-refractivity contribution in [3.63, 3.8) is 0 Å². The van der Waals surface area contributed by atoms with E-state index >= 15 is 0 Å². The van der Waals surface area contributed by atoms with E-state index in [2.05, 4.69) is 91.0 Å². The number of amides is 2. The maximum absolute atomic E-state index is 12.8. The fraction of sp³-hybridized carbons (Fsp3) is 0.161. The second kappa shape index (κ2) is 12.5. The molecule has 0 aliphatic carbocycles. The molecule has 0 fully saturated rings. The molecule has 4 aromatic carbocycles. The van der Waals surface area contributed by atoms with E-state index < -0.39 is 17.4 Å². The van der Waals surface area contributed by atoms with Gasteiger partial charge in [-0.3, -0.25) is 14.5 Å². The lowest BCUT2D eigenvalue weighted by atomic mass is 10.1. The van der Waals surface area contributed by atoms with Crippen molar-refractivity contribution in [3.8, 4) is 0 Å². The second-order valence-electron chi connectivity index (χ2n) is 9.26. The van der Waals surface area contributed by atoms with Gasteiger partial charge in [0.15, 0.2) is 0 Å². The first-order valence-electron chi connectivity index (χ1n) is 12.6.